The molecule has 0 aliphatic carbocycles. The van der Waals surface area contributed by atoms with Gasteiger partial charge in [0.2, 0.25) is 10.0 Å². The Morgan fingerprint density at radius 2 is 1.76 bits per heavy atom. The van der Waals surface area contributed by atoms with Crippen LogP contribution < -0.4 is 21.7 Å². The molecule has 25 heavy (non-hydrogen) atoms. The highest BCUT2D eigenvalue weighted by atomic mass is 32.2. The summed E-state index contributed by atoms with van der Waals surface area (Å²) in [5, 5.41) is 7.30. The number of amides is 1. The zero-order chi connectivity index (χ0) is 18.6. The smallest absolute Gasteiger partial charge is 0.355 e. The highest BCUT2D eigenvalue weighted by Gasteiger charge is 2.13. The standard InChI is InChI=1S/C13H12N4O7S/c14-25(22,23)8-3-1-7(2-4-8)15-11(19)6-24-12(20)9-5-10(18)17-13(21)16-9/h1-5H,6H2,(H,15,19)(H2,14,22,23)(H2,16,17,18,21). The van der Waals surface area contributed by atoms with E-state index in [9.17, 15) is 27.6 Å². The first-order valence-corrected chi connectivity index (χ1v) is 8.13. The monoisotopic (exact) mass is 368 g/mol. The van der Waals surface area contributed by atoms with Gasteiger partial charge in [0.05, 0.1) is 4.90 Å². The van der Waals surface area contributed by atoms with Crippen molar-refractivity contribution in [2.75, 3.05) is 11.9 Å². The molecule has 0 saturated heterocycles. The summed E-state index contributed by atoms with van der Waals surface area (Å²) in [4.78, 5) is 49.3. The zero-order valence-corrected chi connectivity index (χ0v) is 13.3. The van der Waals surface area contributed by atoms with E-state index in [1.807, 2.05) is 4.98 Å². The molecule has 0 unspecified atom stereocenters. The topological polar surface area (TPSA) is 181 Å². The lowest BCUT2D eigenvalue weighted by Crippen LogP contribution is -2.27. The van der Waals surface area contributed by atoms with Gasteiger partial charge in [0.25, 0.3) is 11.5 Å². The Morgan fingerprint density at radius 3 is 2.32 bits per heavy atom. The summed E-state index contributed by atoms with van der Waals surface area (Å²) in [5.74, 6) is -1.79. The number of rotatable bonds is 5. The Balaban J connectivity index is 1.95. The molecule has 12 heteroatoms. The van der Waals surface area contributed by atoms with Gasteiger partial charge in [-0.1, -0.05) is 0 Å². The Labute approximate surface area is 139 Å². The fourth-order valence-electron chi connectivity index (χ4n) is 1.71. The Bertz CT molecular complexity index is 993. The number of carbonyl (C=O) groups is 2. The summed E-state index contributed by atoms with van der Waals surface area (Å²) in [6, 6.07) is 5.80. The molecule has 0 atom stereocenters. The van der Waals surface area contributed by atoms with Crippen LogP contribution in [0.1, 0.15) is 10.5 Å². The number of H-pyrrole nitrogens is 2. The summed E-state index contributed by atoms with van der Waals surface area (Å²) in [7, 11) is -3.85. The van der Waals surface area contributed by atoms with E-state index in [1.165, 1.54) is 24.3 Å². The van der Waals surface area contributed by atoms with Gasteiger partial charge in [-0.3, -0.25) is 14.6 Å². The van der Waals surface area contributed by atoms with E-state index in [4.69, 9.17) is 5.14 Å². The lowest BCUT2D eigenvalue weighted by Gasteiger charge is -2.07. The summed E-state index contributed by atoms with van der Waals surface area (Å²) >= 11 is 0. The minimum atomic E-state index is -3.85. The van der Waals surface area contributed by atoms with E-state index in [1.54, 1.807) is 0 Å². The fourth-order valence-corrected chi connectivity index (χ4v) is 2.23. The van der Waals surface area contributed by atoms with Gasteiger partial charge < -0.3 is 15.0 Å². The van der Waals surface area contributed by atoms with Gasteiger partial charge in [0, 0.05) is 11.8 Å². The van der Waals surface area contributed by atoms with Crippen molar-refractivity contribution in [2.24, 2.45) is 5.14 Å². The van der Waals surface area contributed by atoms with Crippen LogP contribution in [-0.2, 0) is 19.6 Å². The van der Waals surface area contributed by atoms with E-state index in [2.05, 4.69) is 15.0 Å². The molecule has 0 aliphatic heterocycles. The summed E-state index contributed by atoms with van der Waals surface area (Å²) in [6.07, 6.45) is 0. The number of hydrogen-bond acceptors (Lipinski definition) is 7. The number of nitrogens with two attached hydrogens (primary N) is 1. The number of carbonyl (C=O) groups excluding carboxylic acids is 2. The first kappa shape index (κ1) is 18.1. The molecule has 0 aliphatic rings. The maximum Gasteiger partial charge on any atom is 0.355 e. The van der Waals surface area contributed by atoms with Crippen LogP contribution in [0.3, 0.4) is 0 Å². The number of nitrogens with one attached hydrogen (secondary N) is 3. The molecule has 132 valence electrons. The number of benzene rings is 1. The second-order valence-corrected chi connectivity index (χ2v) is 6.26. The van der Waals surface area contributed by atoms with Crippen LogP contribution in [0.2, 0.25) is 0 Å². The van der Waals surface area contributed by atoms with Crippen molar-refractivity contribution < 1.29 is 22.7 Å². The molecule has 11 nitrogen and oxygen atoms in total. The molecule has 1 aromatic heterocycles. The fraction of sp³-hybridized carbons (Fsp3) is 0.0769. The second-order valence-electron chi connectivity index (χ2n) is 4.70. The van der Waals surface area contributed by atoms with Gasteiger partial charge >= 0.3 is 11.7 Å². The predicted octanol–water partition coefficient (Wildman–Crippen LogP) is -1.49. The maximum atomic E-state index is 11.7. The van der Waals surface area contributed by atoms with Crippen molar-refractivity contribution in [3.05, 3.63) is 56.9 Å². The average molecular weight is 368 g/mol. The SMILES string of the molecule is NS(=O)(=O)c1ccc(NC(=O)COC(=O)c2cc(=O)[nH]c(=O)[nH]2)cc1. The first-order valence-electron chi connectivity index (χ1n) is 6.58. The largest absolute Gasteiger partial charge is 0.451 e. The zero-order valence-electron chi connectivity index (χ0n) is 12.4. The van der Waals surface area contributed by atoms with Crippen LogP contribution >= 0.6 is 0 Å². The highest BCUT2D eigenvalue weighted by Crippen LogP contribution is 2.12. The summed E-state index contributed by atoms with van der Waals surface area (Å²) < 4.78 is 26.9. The predicted molar refractivity (Wildman–Crippen MR) is 84.4 cm³/mol. The molecule has 2 aromatic rings. The van der Waals surface area contributed by atoms with Gasteiger partial charge in [0.15, 0.2) is 6.61 Å². The van der Waals surface area contributed by atoms with E-state index < -0.39 is 45.4 Å². The number of anilines is 1. The van der Waals surface area contributed by atoms with Crippen LogP contribution in [0, 0.1) is 0 Å². The molecule has 0 saturated carbocycles. The Kier molecular flexibility index (Phi) is 5.14. The van der Waals surface area contributed by atoms with Gasteiger partial charge in [-0.2, -0.15) is 0 Å². The molecule has 0 radical (unpaired) electrons. The molecule has 1 amide bonds. The Hall–Kier alpha value is -3.25. The number of hydrogen-bond donors (Lipinski definition) is 4. The number of ether oxygens (including phenoxy) is 1. The quantitative estimate of drug-likeness (QED) is 0.463. The summed E-state index contributed by atoms with van der Waals surface area (Å²) in [5.41, 5.74) is -1.84. The molecule has 0 spiro atoms. The lowest BCUT2D eigenvalue weighted by molar-refractivity contribution is -0.119. The number of primary sulfonamides is 1. The van der Waals surface area contributed by atoms with Crippen LogP contribution in [0.5, 0.6) is 0 Å². The van der Waals surface area contributed by atoms with Crippen molar-refractivity contribution >= 4 is 27.6 Å². The highest BCUT2D eigenvalue weighted by molar-refractivity contribution is 7.89. The number of esters is 1. The molecular formula is C13H12N4O7S. The van der Waals surface area contributed by atoms with E-state index in [-0.39, 0.29) is 10.6 Å². The molecule has 2 rings (SSSR count). The second kappa shape index (κ2) is 7.11. The molecular weight excluding hydrogens is 356 g/mol. The van der Waals surface area contributed by atoms with E-state index >= 15 is 0 Å². The van der Waals surface area contributed by atoms with Crippen molar-refractivity contribution in [2.45, 2.75) is 4.90 Å². The van der Waals surface area contributed by atoms with Crippen molar-refractivity contribution in [1.82, 2.24) is 9.97 Å². The van der Waals surface area contributed by atoms with Gasteiger partial charge in [-0.05, 0) is 24.3 Å². The van der Waals surface area contributed by atoms with Gasteiger partial charge in [-0.25, -0.2) is 23.1 Å². The molecule has 1 aromatic carbocycles. The number of aromatic nitrogens is 2. The van der Waals surface area contributed by atoms with Crippen LogP contribution in [0.15, 0.2) is 44.8 Å². The molecule has 1 heterocycles. The van der Waals surface area contributed by atoms with Gasteiger partial charge in [-0.15, -0.1) is 0 Å². The van der Waals surface area contributed by atoms with Gasteiger partial charge in [0.1, 0.15) is 5.69 Å². The Morgan fingerprint density at radius 1 is 1.12 bits per heavy atom. The van der Waals surface area contributed by atoms with Crippen LogP contribution in [0.25, 0.3) is 0 Å². The van der Waals surface area contributed by atoms with Crippen molar-refractivity contribution in [1.29, 1.82) is 0 Å². The molecule has 5 N–H and O–H groups in total. The van der Waals surface area contributed by atoms with Crippen molar-refractivity contribution in [3.63, 3.8) is 0 Å². The average Bonchev–Trinajstić information content (AvgIpc) is 2.51. The minimum Gasteiger partial charge on any atom is -0.451 e. The van der Waals surface area contributed by atoms with E-state index in [0.717, 1.165) is 6.07 Å². The number of sulfonamides is 1. The number of aromatic amines is 2. The third kappa shape index (κ3) is 5.12. The summed E-state index contributed by atoms with van der Waals surface area (Å²) in [6.45, 7) is -0.690. The van der Waals surface area contributed by atoms with Crippen molar-refractivity contribution in [3.8, 4) is 0 Å². The van der Waals surface area contributed by atoms with E-state index in [0.29, 0.717) is 0 Å². The third-order valence-corrected chi connectivity index (χ3v) is 3.71. The van der Waals surface area contributed by atoms with Crippen LogP contribution in [0.4, 0.5) is 5.69 Å². The molecule has 0 bridgehead atoms. The normalized spacial score (nSPS) is 10.9. The van der Waals surface area contributed by atoms with Crippen LogP contribution in [-0.4, -0.2) is 36.9 Å². The third-order valence-electron chi connectivity index (χ3n) is 2.78. The first-order chi connectivity index (χ1) is 11.6. The minimum absolute atomic E-state index is 0.129. The lowest BCUT2D eigenvalue weighted by atomic mass is 10.3. The molecule has 0 fully saturated rings. The maximum absolute atomic E-state index is 11.7.